The van der Waals surface area contributed by atoms with Gasteiger partial charge >= 0.3 is 0 Å². The maximum Gasteiger partial charge on any atom is 0.255 e. The van der Waals surface area contributed by atoms with Gasteiger partial charge in [-0.1, -0.05) is 12.1 Å². The van der Waals surface area contributed by atoms with Crippen molar-refractivity contribution in [2.75, 3.05) is 6.54 Å². The number of hydrogen-bond donors (Lipinski definition) is 3. The molecule has 0 atom stereocenters. The Kier molecular flexibility index (Phi) is 3.33. The van der Waals surface area contributed by atoms with Gasteiger partial charge in [-0.25, -0.2) is 0 Å². The molecule has 4 heteroatoms. The first-order valence-corrected chi connectivity index (χ1v) is 5.82. The lowest BCUT2D eigenvalue weighted by Gasteiger charge is -2.31. The number of phenols is 1. The number of hydrogen-bond acceptors (Lipinski definition) is 3. The molecule has 1 aliphatic rings. The average Bonchev–Trinajstić information content (AvgIpc) is 2.26. The number of aromatic hydroxyl groups is 1. The minimum absolute atomic E-state index is 0.0404. The first-order valence-electron chi connectivity index (χ1n) is 5.82. The number of phenolic OH excluding ortho intramolecular Hbond substituents is 1. The van der Waals surface area contributed by atoms with Crippen molar-refractivity contribution in [2.24, 2.45) is 5.92 Å². The molecule has 0 saturated heterocycles. The first-order chi connectivity index (χ1) is 8.08. The van der Waals surface area contributed by atoms with Crippen LogP contribution < -0.4 is 5.32 Å². The van der Waals surface area contributed by atoms with Crippen molar-refractivity contribution in [2.45, 2.75) is 25.9 Å². The fraction of sp³-hybridized carbons (Fsp3) is 0.462. The Morgan fingerprint density at radius 1 is 1.47 bits per heavy atom. The van der Waals surface area contributed by atoms with E-state index in [0.29, 0.717) is 23.6 Å². The molecule has 1 aromatic carbocycles. The zero-order valence-electron chi connectivity index (χ0n) is 9.81. The number of aryl methyl sites for hydroxylation is 1. The third-order valence-corrected chi connectivity index (χ3v) is 3.24. The maximum atomic E-state index is 11.8. The van der Waals surface area contributed by atoms with Crippen molar-refractivity contribution in [3.63, 3.8) is 0 Å². The van der Waals surface area contributed by atoms with Crippen LogP contribution in [0, 0.1) is 12.8 Å². The summed E-state index contributed by atoms with van der Waals surface area (Å²) in [6, 6.07) is 5.11. The van der Waals surface area contributed by atoms with Crippen LogP contribution in [-0.2, 0) is 0 Å². The Labute approximate surface area is 100 Å². The molecule has 3 N–H and O–H groups in total. The standard InChI is InChI=1S/C13H17NO3/c1-8-3-2-4-11(12(8)16)13(17)14-7-9-5-10(15)6-9/h2-4,9-10,15-16H,5-7H2,1H3,(H,14,17). The normalized spacial score (nSPS) is 22.9. The van der Waals surface area contributed by atoms with Crippen molar-refractivity contribution < 1.29 is 15.0 Å². The Balaban J connectivity index is 1.93. The molecule has 17 heavy (non-hydrogen) atoms. The Hall–Kier alpha value is -1.55. The van der Waals surface area contributed by atoms with Gasteiger partial charge in [0.25, 0.3) is 5.91 Å². The molecule has 1 saturated carbocycles. The lowest BCUT2D eigenvalue weighted by molar-refractivity contribution is 0.0420. The van der Waals surface area contributed by atoms with Crippen molar-refractivity contribution in [3.8, 4) is 5.75 Å². The molecule has 0 unspecified atom stereocenters. The molecule has 1 amide bonds. The molecular formula is C13H17NO3. The van der Waals surface area contributed by atoms with Crippen molar-refractivity contribution >= 4 is 5.91 Å². The van der Waals surface area contributed by atoms with Gasteiger partial charge < -0.3 is 15.5 Å². The number of benzene rings is 1. The summed E-state index contributed by atoms with van der Waals surface area (Å²) in [5, 5.41) is 21.7. The zero-order valence-corrected chi connectivity index (χ0v) is 9.81. The van der Waals surface area contributed by atoms with Crippen LogP contribution in [0.1, 0.15) is 28.8 Å². The van der Waals surface area contributed by atoms with Crippen LogP contribution in [0.2, 0.25) is 0 Å². The second-order valence-corrected chi connectivity index (χ2v) is 4.67. The number of nitrogens with one attached hydrogen (secondary N) is 1. The van der Waals surface area contributed by atoms with Gasteiger partial charge in [0.2, 0.25) is 0 Å². The highest BCUT2D eigenvalue weighted by molar-refractivity contribution is 5.97. The summed E-state index contributed by atoms with van der Waals surface area (Å²) < 4.78 is 0. The van der Waals surface area contributed by atoms with E-state index in [1.165, 1.54) is 0 Å². The molecule has 1 fully saturated rings. The van der Waals surface area contributed by atoms with Crippen LogP contribution in [-0.4, -0.2) is 28.8 Å². The van der Waals surface area contributed by atoms with Gasteiger partial charge in [0, 0.05) is 6.54 Å². The second kappa shape index (κ2) is 4.75. The van der Waals surface area contributed by atoms with Crippen molar-refractivity contribution in [3.05, 3.63) is 29.3 Å². The highest BCUT2D eigenvalue weighted by Crippen LogP contribution is 2.26. The van der Waals surface area contributed by atoms with E-state index in [1.54, 1.807) is 25.1 Å². The lowest BCUT2D eigenvalue weighted by atomic mass is 9.82. The number of rotatable bonds is 3. The van der Waals surface area contributed by atoms with Gasteiger partial charge in [-0.3, -0.25) is 4.79 Å². The Morgan fingerprint density at radius 3 is 2.82 bits per heavy atom. The lowest BCUT2D eigenvalue weighted by Crippen LogP contribution is -2.38. The van der Waals surface area contributed by atoms with E-state index in [4.69, 9.17) is 5.11 Å². The van der Waals surface area contributed by atoms with Gasteiger partial charge in [-0.05, 0) is 37.3 Å². The third-order valence-electron chi connectivity index (χ3n) is 3.24. The van der Waals surface area contributed by atoms with Gasteiger partial charge in [0.1, 0.15) is 5.75 Å². The highest BCUT2D eigenvalue weighted by atomic mass is 16.3. The number of carbonyl (C=O) groups is 1. The minimum atomic E-state index is -0.257. The van der Waals surface area contributed by atoms with E-state index in [0.717, 1.165) is 12.8 Å². The monoisotopic (exact) mass is 235 g/mol. The molecule has 0 aromatic heterocycles. The fourth-order valence-corrected chi connectivity index (χ4v) is 2.04. The smallest absolute Gasteiger partial charge is 0.255 e. The van der Waals surface area contributed by atoms with Crippen molar-refractivity contribution in [1.29, 1.82) is 0 Å². The SMILES string of the molecule is Cc1cccc(C(=O)NCC2CC(O)C2)c1O. The van der Waals surface area contributed by atoms with Crippen LogP contribution in [0.15, 0.2) is 18.2 Å². The zero-order chi connectivity index (χ0) is 12.4. The topological polar surface area (TPSA) is 69.6 Å². The van der Waals surface area contributed by atoms with Gasteiger partial charge in [0.05, 0.1) is 11.7 Å². The third kappa shape index (κ3) is 2.58. The molecule has 2 rings (SSSR count). The molecule has 92 valence electrons. The first kappa shape index (κ1) is 11.9. The fourth-order valence-electron chi connectivity index (χ4n) is 2.04. The summed E-state index contributed by atoms with van der Waals surface area (Å²) in [4.78, 5) is 11.8. The van der Waals surface area contributed by atoms with Crippen LogP contribution >= 0.6 is 0 Å². The van der Waals surface area contributed by atoms with Gasteiger partial charge in [-0.15, -0.1) is 0 Å². The summed E-state index contributed by atoms with van der Waals surface area (Å²) in [5.74, 6) is 0.145. The molecule has 0 aliphatic heterocycles. The summed E-state index contributed by atoms with van der Waals surface area (Å²) in [6.45, 7) is 2.32. The van der Waals surface area contributed by atoms with Gasteiger partial charge in [-0.2, -0.15) is 0 Å². The molecule has 0 heterocycles. The molecule has 1 aliphatic carbocycles. The van der Waals surface area contributed by atoms with Crippen molar-refractivity contribution in [1.82, 2.24) is 5.32 Å². The molecule has 0 bridgehead atoms. The summed E-state index contributed by atoms with van der Waals surface area (Å²) in [6.07, 6.45) is 1.30. The number of aliphatic hydroxyl groups is 1. The van der Waals surface area contributed by atoms with E-state index < -0.39 is 0 Å². The van der Waals surface area contributed by atoms with E-state index in [9.17, 15) is 9.90 Å². The second-order valence-electron chi connectivity index (χ2n) is 4.67. The van der Waals surface area contributed by atoms with E-state index in [2.05, 4.69) is 5.32 Å². The summed E-state index contributed by atoms with van der Waals surface area (Å²) in [7, 11) is 0. The molecule has 1 aromatic rings. The van der Waals surface area contributed by atoms with Crippen LogP contribution in [0.3, 0.4) is 0 Å². The van der Waals surface area contributed by atoms with Crippen LogP contribution in [0.5, 0.6) is 5.75 Å². The maximum absolute atomic E-state index is 11.8. The van der Waals surface area contributed by atoms with Gasteiger partial charge in [0.15, 0.2) is 0 Å². The highest BCUT2D eigenvalue weighted by Gasteiger charge is 2.27. The Bertz CT molecular complexity index is 425. The van der Waals surface area contributed by atoms with E-state index in [-0.39, 0.29) is 17.8 Å². The molecule has 4 nitrogen and oxygen atoms in total. The van der Waals surface area contributed by atoms with E-state index >= 15 is 0 Å². The largest absolute Gasteiger partial charge is 0.507 e. The predicted molar refractivity (Wildman–Crippen MR) is 63.9 cm³/mol. The van der Waals surface area contributed by atoms with E-state index in [1.807, 2.05) is 0 Å². The number of amides is 1. The summed E-state index contributed by atoms with van der Waals surface area (Å²) >= 11 is 0. The summed E-state index contributed by atoms with van der Waals surface area (Å²) in [5.41, 5.74) is 1.00. The molecular weight excluding hydrogens is 218 g/mol. The quantitative estimate of drug-likeness (QED) is 0.737. The molecule has 0 spiro atoms. The predicted octanol–water partition coefficient (Wildman–Crippen LogP) is 1.20. The number of aliphatic hydroxyl groups excluding tert-OH is 1. The van der Waals surface area contributed by atoms with Crippen LogP contribution in [0.25, 0.3) is 0 Å². The average molecular weight is 235 g/mol. The molecule has 0 radical (unpaired) electrons. The van der Waals surface area contributed by atoms with Crippen LogP contribution in [0.4, 0.5) is 0 Å². The minimum Gasteiger partial charge on any atom is -0.507 e. The number of para-hydroxylation sites is 1. The Morgan fingerprint density at radius 2 is 2.18 bits per heavy atom. The number of carbonyl (C=O) groups excluding carboxylic acids is 1.